The lowest BCUT2D eigenvalue weighted by atomic mass is 9.66. The van der Waals surface area contributed by atoms with Crippen molar-refractivity contribution in [3.05, 3.63) is 0 Å². The zero-order valence-electron chi connectivity index (χ0n) is 12.3. The Balaban J connectivity index is 1.94. The second kappa shape index (κ2) is 4.77. The molecular formula is C15H28O3. The number of hydrogen-bond acceptors (Lipinski definition) is 3. The van der Waals surface area contributed by atoms with E-state index in [1.54, 1.807) is 0 Å². The molecule has 1 aliphatic carbocycles. The first kappa shape index (κ1) is 14.3. The van der Waals surface area contributed by atoms with E-state index in [1.165, 1.54) is 12.8 Å². The van der Waals surface area contributed by atoms with Crippen molar-refractivity contribution in [2.45, 2.75) is 77.4 Å². The molecule has 1 unspecified atom stereocenters. The molecule has 1 saturated carbocycles. The molecule has 1 atom stereocenters. The minimum atomic E-state index is -0.288. The molecule has 0 aromatic carbocycles. The molecule has 0 radical (unpaired) electrons. The van der Waals surface area contributed by atoms with Crippen molar-refractivity contribution < 1.29 is 14.9 Å². The molecule has 0 amide bonds. The van der Waals surface area contributed by atoms with Crippen LogP contribution >= 0.6 is 0 Å². The van der Waals surface area contributed by atoms with Crippen LogP contribution in [0.5, 0.6) is 0 Å². The van der Waals surface area contributed by atoms with E-state index in [1.807, 2.05) is 6.92 Å². The van der Waals surface area contributed by atoms with Crippen molar-refractivity contribution in [1.29, 1.82) is 0 Å². The highest BCUT2D eigenvalue weighted by atomic mass is 17.2. The molecule has 1 N–H and O–H groups in total. The van der Waals surface area contributed by atoms with Gasteiger partial charge in [0.25, 0.3) is 0 Å². The highest BCUT2D eigenvalue weighted by Crippen LogP contribution is 2.50. The molecule has 1 aliphatic heterocycles. The number of aliphatic hydroxyl groups excluding tert-OH is 1. The first-order valence-corrected chi connectivity index (χ1v) is 7.26. The van der Waals surface area contributed by atoms with Crippen molar-refractivity contribution in [3.63, 3.8) is 0 Å². The van der Waals surface area contributed by atoms with Gasteiger partial charge in [0, 0.05) is 19.4 Å². The van der Waals surface area contributed by atoms with Gasteiger partial charge in [-0.1, -0.05) is 20.8 Å². The number of rotatable bonds is 2. The lowest BCUT2D eigenvalue weighted by Crippen LogP contribution is -2.38. The van der Waals surface area contributed by atoms with Crippen LogP contribution in [0.2, 0.25) is 0 Å². The maximum atomic E-state index is 9.09. The molecular weight excluding hydrogens is 228 g/mol. The quantitative estimate of drug-likeness (QED) is 0.769. The summed E-state index contributed by atoms with van der Waals surface area (Å²) in [6.07, 6.45) is 6.23. The van der Waals surface area contributed by atoms with Crippen LogP contribution in [0, 0.1) is 11.3 Å². The zero-order chi connectivity index (χ0) is 13.4. The Bertz CT molecular complexity index is 287. The van der Waals surface area contributed by atoms with Gasteiger partial charge in [0.1, 0.15) is 11.2 Å². The summed E-state index contributed by atoms with van der Waals surface area (Å²) in [6.45, 7) is 9.21. The van der Waals surface area contributed by atoms with E-state index < -0.39 is 0 Å². The van der Waals surface area contributed by atoms with Gasteiger partial charge in [-0.25, -0.2) is 9.78 Å². The van der Waals surface area contributed by atoms with Crippen molar-refractivity contribution in [1.82, 2.24) is 0 Å². The fraction of sp³-hybridized carbons (Fsp3) is 1.00. The lowest BCUT2D eigenvalue weighted by Gasteiger charge is -2.40. The van der Waals surface area contributed by atoms with Gasteiger partial charge in [0.2, 0.25) is 0 Å². The third-order valence-corrected chi connectivity index (χ3v) is 4.88. The van der Waals surface area contributed by atoms with Crippen LogP contribution in [0.4, 0.5) is 0 Å². The van der Waals surface area contributed by atoms with E-state index in [-0.39, 0.29) is 17.8 Å². The smallest absolute Gasteiger partial charge is 0.106 e. The van der Waals surface area contributed by atoms with Crippen molar-refractivity contribution in [2.24, 2.45) is 11.3 Å². The summed E-state index contributed by atoms with van der Waals surface area (Å²) in [7, 11) is 0. The summed E-state index contributed by atoms with van der Waals surface area (Å²) in [6, 6.07) is 0. The van der Waals surface area contributed by atoms with E-state index in [0.29, 0.717) is 11.8 Å². The maximum absolute atomic E-state index is 9.09. The second-order valence-electron chi connectivity index (χ2n) is 7.59. The van der Waals surface area contributed by atoms with Crippen molar-refractivity contribution in [2.75, 3.05) is 6.61 Å². The molecule has 0 aromatic heterocycles. The molecule has 18 heavy (non-hydrogen) atoms. The highest BCUT2D eigenvalue weighted by molar-refractivity contribution is 4.97. The predicted octanol–water partition coefficient (Wildman–Crippen LogP) is 3.45. The van der Waals surface area contributed by atoms with Gasteiger partial charge >= 0.3 is 0 Å². The molecule has 1 heterocycles. The van der Waals surface area contributed by atoms with E-state index in [2.05, 4.69) is 20.8 Å². The van der Waals surface area contributed by atoms with Crippen LogP contribution in [0.15, 0.2) is 0 Å². The fourth-order valence-electron chi connectivity index (χ4n) is 3.57. The van der Waals surface area contributed by atoms with Crippen LogP contribution in [-0.2, 0) is 9.78 Å². The summed E-state index contributed by atoms with van der Waals surface area (Å²) >= 11 is 0. The Kier molecular flexibility index (Phi) is 3.79. The highest BCUT2D eigenvalue weighted by Gasteiger charge is 2.51. The average Bonchev–Trinajstić information content (AvgIpc) is 2.56. The van der Waals surface area contributed by atoms with Crippen molar-refractivity contribution in [3.8, 4) is 0 Å². The van der Waals surface area contributed by atoms with E-state index in [9.17, 15) is 0 Å². The van der Waals surface area contributed by atoms with Crippen LogP contribution in [0.25, 0.3) is 0 Å². The second-order valence-corrected chi connectivity index (χ2v) is 7.59. The first-order chi connectivity index (χ1) is 8.29. The third-order valence-electron chi connectivity index (χ3n) is 4.88. The minimum absolute atomic E-state index is 0.0777. The van der Waals surface area contributed by atoms with Gasteiger partial charge in [0.05, 0.1) is 0 Å². The zero-order valence-corrected chi connectivity index (χ0v) is 12.3. The molecule has 2 fully saturated rings. The molecule has 0 aromatic rings. The SMILES string of the molecule is CC1(CCO)C[C@]2(CC[C@H](C(C)(C)C)CC2)OO1. The molecule has 106 valence electrons. The normalized spacial score (nSPS) is 41.5. The third kappa shape index (κ3) is 2.89. The first-order valence-electron chi connectivity index (χ1n) is 7.26. The lowest BCUT2D eigenvalue weighted by molar-refractivity contribution is -0.354. The van der Waals surface area contributed by atoms with Gasteiger partial charge < -0.3 is 5.11 Å². The van der Waals surface area contributed by atoms with Gasteiger partial charge in [-0.2, -0.15) is 0 Å². The van der Waals surface area contributed by atoms with Crippen LogP contribution < -0.4 is 0 Å². The monoisotopic (exact) mass is 256 g/mol. The van der Waals surface area contributed by atoms with Gasteiger partial charge in [0.15, 0.2) is 0 Å². The Morgan fingerprint density at radius 3 is 2.28 bits per heavy atom. The standard InChI is InChI=1S/C15H28O3/c1-13(2,3)12-5-7-15(8-6-12)11-14(4,9-10-16)17-18-15/h12,16H,5-11H2,1-4H3/t12-,14?,15+. The summed E-state index contributed by atoms with van der Waals surface area (Å²) in [4.78, 5) is 11.2. The van der Waals surface area contributed by atoms with Crippen LogP contribution in [0.3, 0.4) is 0 Å². The fourth-order valence-corrected chi connectivity index (χ4v) is 3.57. The molecule has 0 bridgehead atoms. The topological polar surface area (TPSA) is 38.7 Å². The summed E-state index contributed by atoms with van der Waals surface area (Å²) in [5.74, 6) is 0.788. The van der Waals surface area contributed by atoms with E-state index in [0.717, 1.165) is 25.2 Å². The molecule has 1 saturated heterocycles. The summed E-state index contributed by atoms with van der Waals surface area (Å²) < 4.78 is 0. The van der Waals surface area contributed by atoms with Gasteiger partial charge in [-0.3, -0.25) is 0 Å². The van der Waals surface area contributed by atoms with E-state index >= 15 is 0 Å². The predicted molar refractivity (Wildman–Crippen MR) is 71.0 cm³/mol. The molecule has 1 spiro atoms. The van der Waals surface area contributed by atoms with Crippen molar-refractivity contribution >= 4 is 0 Å². The van der Waals surface area contributed by atoms with Gasteiger partial charge in [-0.05, 0) is 43.9 Å². The number of hydrogen-bond donors (Lipinski definition) is 1. The van der Waals surface area contributed by atoms with Crippen LogP contribution in [0.1, 0.15) is 66.2 Å². The van der Waals surface area contributed by atoms with Gasteiger partial charge in [-0.15, -0.1) is 0 Å². The molecule has 3 nitrogen and oxygen atoms in total. The Morgan fingerprint density at radius 1 is 1.17 bits per heavy atom. The molecule has 2 aliphatic rings. The van der Waals surface area contributed by atoms with E-state index in [4.69, 9.17) is 14.9 Å². The Hall–Kier alpha value is -0.120. The molecule has 3 heteroatoms. The summed E-state index contributed by atoms with van der Waals surface area (Å²) in [5.41, 5.74) is 0.0322. The Morgan fingerprint density at radius 2 is 1.78 bits per heavy atom. The Labute approximate surface area is 111 Å². The minimum Gasteiger partial charge on any atom is -0.396 e. The average molecular weight is 256 g/mol. The summed E-state index contributed by atoms with van der Waals surface area (Å²) in [5, 5.41) is 9.09. The largest absolute Gasteiger partial charge is 0.396 e. The maximum Gasteiger partial charge on any atom is 0.106 e. The van der Waals surface area contributed by atoms with Crippen LogP contribution in [-0.4, -0.2) is 22.9 Å². The molecule has 2 rings (SSSR count). The number of aliphatic hydroxyl groups is 1.